The SMILES string of the molecule is C=CCN(C(=O)N1CCc2sccc2C1C(=O)O)C1CC1. The first-order valence-electron chi connectivity index (χ1n) is 7.10. The molecule has 0 aromatic carbocycles. The van der Waals surface area contributed by atoms with E-state index < -0.39 is 12.0 Å². The monoisotopic (exact) mass is 306 g/mol. The van der Waals surface area contributed by atoms with Gasteiger partial charge in [0.2, 0.25) is 0 Å². The van der Waals surface area contributed by atoms with Gasteiger partial charge >= 0.3 is 12.0 Å². The van der Waals surface area contributed by atoms with E-state index in [9.17, 15) is 14.7 Å². The molecule has 1 atom stereocenters. The van der Waals surface area contributed by atoms with Crippen LogP contribution in [-0.2, 0) is 11.2 Å². The van der Waals surface area contributed by atoms with Crippen LogP contribution >= 0.6 is 11.3 Å². The van der Waals surface area contributed by atoms with Crippen LogP contribution in [0.4, 0.5) is 4.79 Å². The normalized spacial score (nSPS) is 20.8. The summed E-state index contributed by atoms with van der Waals surface area (Å²) in [4.78, 5) is 28.8. The van der Waals surface area contributed by atoms with Gasteiger partial charge in [-0.3, -0.25) is 0 Å². The molecule has 2 heterocycles. The van der Waals surface area contributed by atoms with Gasteiger partial charge in [0.15, 0.2) is 6.04 Å². The number of hydrogen-bond acceptors (Lipinski definition) is 3. The van der Waals surface area contributed by atoms with Crippen molar-refractivity contribution in [3.63, 3.8) is 0 Å². The number of fused-ring (bicyclic) bond motifs is 1. The Kier molecular flexibility index (Phi) is 3.71. The predicted octanol–water partition coefficient (Wildman–Crippen LogP) is 2.50. The third-order valence-electron chi connectivity index (χ3n) is 4.00. The van der Waals surface area contributed by atoms with Crippen LogP contribution in [0, 0.1) is 0 Å². The van der Waals surface area contributed by atoms with Gasteiger partial charge in [0, 0.05) is 24.0 Å². The lowest BCUT2D eigenvalue weighted by atomic mass is 10.0. The van der Waals surface area contributed by atoms with Crippen molar-refractivity contribution in [3.8, 4) is 0 Å². The van der Waals surface area contributed by atoms with Crippen molar-refractivity contribution in [2.45, 2.75) is 31.3 Å². The molecule has 1 unspecified atom stereocenters. The summed E-state index contributed by atoms with van der Waals surface area (Å²) in [6.45, 7) is 4.63. The molecule has 0 spiro atoms. The first-order chi connectivity index (χ1) is 10.1. The smallest absolute Gasteiger partial charge is 0.331 e. The van der Waals surface area contributed by atoms with E-state index >= 15 is 0 Å². The van der Waals surface area contributed by atoms with Gasteiger partial charge in [0.25, 0.3) is 0 Å². The number of nitrogens with zero attached hydrogens (tertiary/aromatic N) is 2. The zero-order valence-corrected chi connectivity index (χ0v) is 12.5. The Balaban J connectivity index is 1.88. The maximum absolute atomic E-state index is 12.8. The fourth-order valence-corrected chi connectivity index (χ4v) is 3.77. The van der Waals surface area contributed by atoms with Crippen LogP contribution in [-0.4, -0.2) is 46.0 Å². The standard InChI is InChI=1S/C15H18N2O3S/c1-2-7-16(10-3-4-10)15(20)17-8-5-12-11(6-9-21-12)13(17)14(18)19/h2,6,9-10,13H,1,3-5,7-8H2,(H,18,19). The van der Waals surface area contributed by atoms with Gasteiger partial charge in [-0.1, -0.05) is 6.08 Å². The summed E-state index contributed by atoms with van der Waals surface area (Å²) in [5, 5.41) is 11.5. The molecule has 1 saturated carbocycles. The second-order valence-electron chi connectivity index (χ2n) is 5.44. The van der Waals surface area contributed by atoms with Crippen molar-refractivity contribution < 1.29 is 14.7 Å². The van der Waals surface area contributed by atoms with Gasteiger partial charge in [-0.05, 0) is 36.3 Å². The van der Waals surface area contributed by atoms with E-state index in [1.807, 2.05) is 11.4 Å². The summed E-state index contributed by atoms with van der Waals surface area (Å²) >= 11 is 1.57. The number of carbonyl (C=O) groups is 2. The Labute approximate surface area is 127 Å². The van der Waals surface area contributed by atoms with Crippen LogP contribution in [0.5, 0.6) is 0 Å². The molecule has 1 aromatic rings. The summed E-state index contributed by atoms with van der Waals surface area (Å²) in [6, 6.07) is 1.03. The summed E-state index contributed by atoms with van der Waals surface area (Å²) in [5.41, 5.74) is 0.765. The molecule has 1 aromatic heterocycles. The topological polar surface area (TPSA) is 60.9 Å². The largest absolute Gasteiger partial charge is 0.479 e. The van der Waals surface area contributed by atoms with E-state index in [1.54, 1.807) is 22.3 Å². The van der Waals surface area contributed by atoms with Crippen molar-refractivity contribution in [3.05, 3.63) is 34.5 Å². The molecule has 1 aliphatic carbocycles. The molecule has 3 rings (SSSR count). The van der Waals surface area contributed by atoms with E-state index in [0.29, 0.717) is 13.1 Å². The maximum atomic E-state index is 12.8. The first-order valence-corrected chi connectivity index (χ1v) is 7.98. The number of aliphatic carboxylic acids is 1. The molecule has 1 fully saturated rings. The lowest BCUT2D eigenvalue weighted by molar-refractivity contribution is -0.143. The van der Waals surface area contributed by atoms with Crippen molar-refractivity contribution >= 4 is 23.3 Å². The van der Waals surface area contributed by atoms with Gasteiger partial charge in [0.05, 0.1) is 0 Å². The Morgan fingerprint density at radius 2 is 2.29 bits per heavy atom. The molecule has 2 aliphatic rings. The summed E-state index contributed by atoms with van der Waals surface area (Å²) in [5.74, 6) is -0.961. The van der Waals surface area contributed by atoms with E-state index in [2.05, 4.69) is 6.58 Å². The van der Waals surface area contributed by atoms with Crippen molar-refractivity contribution in [2.75, 3.05) is 13.1 Å². The lowest BCUT2D eigenvalue weighted by Gasteiger charge is -2.37. The highest BCUT2D eigenvalue weighted by atomic mass is 32.1. The zero-order valence-electron chi connectivity index (χ0n) is 11.7. The Bertz CT molecular complexity index is 579. The minimum absolute atomic E-state index is 0.179. The number of carboxylic acids is 1. The summed E-state index contributed by atoms with van der Waals surface area (Å²) < 4.78 is 0. The fourth-order valence-electron chi connectivity index (χ4n) is 2.86. The van der Waals surface area contributed by atoms with Crippen LogP contribution in [0.15, 0.2) is 24.1 Å². The second kappa shape index (κ2) is 5.52. The summed E-state index contributed by atoms with van der Waals surface area (Å²) in [6.07, 6.45) is 4.42. The average Bonchev–Trinajstić information content (AvgIpc) is 3.19. The number of rotatable bonds is 4. The number of carboxylic acid groups (broad SMARTS) is 1. The Morgan fingerprint density at radius 3 is 2.90 bits per heavy atom. The molecule has 21 heavy (non-hydrogen) atoms. The number of urea groups is 1. The van der Waals surface area contributed by atoms with Crippen molar-refractivity contribution in [1.82, 2.24) is 9.80 Å². The van der Waals surface area contributed by atoms with Gasteiger partial charge < -0.3 is 14.9 Å². The molecular weight excluding hydrogens is 288 g/mol. The van der Waals surface area contributed by atoms with Gasteiger partial charge in [0.1, 0.15) is 0 Å². The van der Waals surface area contributed by atoms with Crippen molar-refractivity contribution in [1.29, 1.82) is 0 Å². The molecule has 2 amide bonds. The number of carbonyl (C=O) groups excluding carboxylic acids is 1. The predicted molar refractivity (Wildman–Crippen MR) is 80.4 cm³/mol. The minimum atomic E-state index is -0.961. The third-order valence-corrected chi connectivity index (χ3v) is 5.00. The number of thiophene rings is 1. The molecule has 1 N–H and O–H groups in total. The highest BCUT2D eigenvalue weighted by Crippen LogP contribution is 2.36. The van der Waals surface area contributed by atoms with Crippen LogP contribution in [0.2, 0.25) is 0 Å². The summed E-state index contributed by atoms with van der Waals surface area (Å²) in [7, 11) is 0. The third kappa shape index (κ3) is 2.55. The maximum Gasteiger partial charge on any atom is 0.331 e. The molecule has 0 radical (unpaired) electrons. The van der Waals surface area contributed by atoms with Crippen molar-refractivity contribution in [2.24, 2.45) is 0 Å². The van der Waals surface area contributed by atoms with Crippen LogP contribution in [0.1, 0.15) is 29.3 Å². The Morgan fingerprint density at radius 1 is 1.52 bits per heavy atom. The Hall–Kier alpha value is -1.82. The quantitative estimate of drug-likeness (QED) is 0.869. The molecule has 112 valence electrons. The minimum Gasteiger partial charge on any atom is -0.479 e. The van der Waals surface area contributed by atoms with Crippen LogP contribution < -0.4 is 0 Å². The molecular formula is C15H18N2O3S. The molecule has 1 aliphatic heterocycles. The van der Waals surface area contributed by atoms with Gasteiger partial charge in [-0.25, -0.2) is 9.59 Å². The highest BCUT2D eigenvalue weighted by molar-refractivity contribution is 7.10. The van der Waals surface area contributed by atoms with Crippen LogP contribution in [0.3, 0.4) is 0 Å². The zero-order chi connectivity index (χ0) is 15.0. The van der Waals surface area contributed by atoms with Crippen LogP contribution in [0.25, 0.3) is 0 Å². The van der Waals surface area contributed by atoms with Gasteiger partial charge in [-0.2, -0.15) is 0 Å². The highest BCUT2D eigenvalue weighted by Gasteiger charge is 2.41. The molecule has 5 nitrogen and oxygen atoms in total. The van der Waals surface area contributed by atoms with E-state index in [4.69, 9.17) is 0 Å². The second-order valence-corrected chi connectivity index (χ2v) is 6.44. The van der Waals surface area contributed by atoms with Gasteiger partial charge in [-0.15, -0.1) is 17.9 Å². The first kappa shape index (κ1) is 14.1. The van der Waals surface area contributed by atoms with E-state index in [1.165, 1.54) is 4.90 Å². The number of amides is 2. The molecule has 6 heteroatoms. The molecule has 0 bridgehead atoms. The fraction of sp³-hybridized carbons (Fsp3) is 0.467. The lowest BCUT2D eigenvalue weighted by Crippen LogP contribution is -2.50. The number of hydrogen-bond donors (Lipinski definition) is 1. The molecule has 0 saturated heterocycles. The van der Waals surface area contributed by atoms with E-state index in [0.717, 1.165) is 29.7 Å². The average molecular weight is 306 g/mol. The van der Waals surface area contributed by atoms with E-state index in [-0.39, 0.29) is 12.1 Å².